The topological polar surface area (TPSA) is 75.0 Å². The van der Waals surface area contributed by atoms with Crippen LogP contribution in [0.25, 0.3) is 0 Å². The predicted octanol–water partition coefficient (Wildman–Crippen LogP) is 2.32. The molecule has 2 aromatic heterocycles. The Morgan fingerprint density at radius 2 is 2.35 bits per heavy atom. The number of amides is 1. The second kappa shape index (κ2) is 5.11. The van der Waals surface area contributed by atoms with Crippen molar-refractivity contribution in [2.45, 2.75) is 32.7 Å². The van der Waals surface area contributed by atoms with Crippen LogP contribution in [0.4, 0.5) is 0 Å². The Morgan fingerprint density at radius 1 is 1.50 bits per heavy atom. The molecule has 0 aliphatic carbocycles. The van der Waals surface area contributed by atoms with E-state index >= 15 is 0 Å². The van der Waals surface area contributed by atoms with Crippen LogP contribution in [0.15, 0.2) is 22.7 Å². The maximum atomic E-state index is 12.5. The zero-order valence-corrected chi connectivity index (χ0v) is 11.7. The fraction of sp³-hybridized carbons (Fsp3) is 0.500. The number of aromatic nitrogens is 3. The van der Waals surface area contributed by atoms with E-state index in [0.717, 1.165) is 30.9 Å². The van der Waals surface area contributed by atoms with Gasteiger partial charge < -0.3 is 9.32 Å². The lowest BCUT2D eigenvalue weighted by molar-refractivity contribution is 0.0513. The first-order valence-electron chi connectivity index (χ1n) is 6.88. The van der Waals surface area contributed by atoms with Crippen LogP contribution in [0.2, 0.25) is 0 Å². The number of nitrogens with zero attached hydrogens (tertiary/aromatic N) is 3. The molecule has 0 bridgehead atoms. The molecule has 1 aliphatic rings. The smallest absolute Gasteiger partial charge is 0.276 e. The summed E-state index contributed by atoms with van der Waals surface area (Å²) >= 11 is 0. The molecule has 0 radical (unpaired) electrons. The molecule has 3 rings (SSSR count). The fourth-order valence-corrected chi connectivity index (χ4v) is 2.74. The molecule has 6 heteroatoms. The molecule has 1 saturated heterocycles. The quantitative estimate of drug-likeness (QED) is 0.912. The molecule has 6 nitrogen and oxygen atoms in total. The van der Waals surface area contributed by atoms with Gasteiger partial charge in [0.1, 0.15) is 11.5 Å². The molecule has 2 atom stereocenters. The van der Waals surface area contributed by atoms with Gasteiger partial charge in [0, 0.05) is 6.54 Å². The number of nitrogens with one attached hydrogen (secondary N) is 1. The van der Waals surface area contributed by atoms with Crippen molar-refractivity contribution in [3.63, 3.8) is 0 Å². The maximum absolute atomic E-state index is 12.5. The average Bonchev–Trinajstić information content (AvgIpc) is 3.09. The number of aryl methyl sites for hydroxylation is 1. The normalized spacial score (nSPS) is 23.0. The van der Waals surface area contributed by atoms with Crippen molar-refractivity contribution in [2.75, 3.05) is 6.54 Å². The van der Waals surface area contributed by atoms with Crippen molar-refractivity contribution in [3.05, 3.63) is 35.5 Å². The molecule has 106 valence electrons. The van der Waals surface area contributed by atoms with Gasteiger partial charge in [0.05, 0.1) is 12.2 Å². The number of carbonyl (C=O) groups is 1. The second-order valence-corrected chi connectivity index (χ2v) is 5.45. The third-order valence-corrected chi connectivity index (χ3v) is 3.85. The SMILES string of the molecule is Cc1ccc([C@@H]2C[C@@H](C)CCN2C(=O)c2cn[nH]n2)o1. The minimum atomic E-state index is -0.0929. The van der Waals surface area contributed by atoms with Crippen LogP contribution in [-0.4, -0.2) is 32.8 Å². The molecule has 2 aromatic rings. The third kappa shape index (κ3) is 2.33. The third-order valence-electron chi connectivity index (χ3n) is 3.85. The molecule has 0 saturated carbocycles. The molecular formula is C14H18N4O2. The summed E-state index contributed by atoms with van der Waals surface area (Å²) in [5.74, 6) is 2.20. The van der Waals surface area contributed by atoms with Crippen LogP contribution in [0.1, 0.15) is 47.8 Å². The Morgan fingerprint density at radius 3 is 3.00 bits per heavy atom. The van der Waals surface area contributed by atoms with Crippen LogP contribution >= 0.6 is 0 Å². The van der Waals surface area contributed by atoms with E-state index < -0.39 is 0 Å². The van der Waals surface area contributed by atoms with Gasteiger partial charge in [-0.15, -0.1) is 0 Å². The van der Waals surface area contributed by atoms with E-state index in [1.165, 1.54) is 6.20 Å². The highest BCUT2D eigenvalue weighted by molar-refractivity contribution is 5.92. The van der Waals surface area contributed by atoms with E-state index in [1.54, 1.807) is 0 Å². The van der Waals surface area contributed by atoms with Crippen LogP contribution in [0, 0.1) is 12.8 Å². The molecule has 3 heterocycles. The molecule has 1 fully saturated rings. The zero-order chi connectivity index (χ0) is 14.1. The van der Waals surface area contributed by atoms with E-state index in [4.69, 9.17) is 4.42 Å². The van der Waals surface area contributed by atoms with E-state index in [1.807, 2.05) is 24.0 Å². The molecule has 20 heavy (non-hydrogen) atoms. The van der Waals surface area contributed by atoms with E-state index in [0.29, 0.717) is 11.6 Å². The average molecular weight is 274 g/mol. The lowest BCUT2D eigenvalue weighted by atomic mass is 9.91. The number of carbonyl (C=O) groups excluding carboxylic acids is 1. The van der Waals surface area contributed by atoms with E-state index in [2.05, 4.69) is 22.3 Å². The number of rotatable bonds is 2. The first-order chi connectivity index (χ1) is 9.65. The minimum absolute atomic E-state index is 0.0170. The summed E-state index contributed by atoms with van der Waals surface area (Å²) in [4.78, 5) is 14.4. The predicted molar refractivity (Wildman–Crippen MR) is 72.0 cm³/mol. The van der Waals surface area contributed by atoms with E-state index in [-0.39, 0.29) is 11.9 Å². The van der Waals surface area contributed by atoms with Crippen molar-refractivity contribution >= 4 is 5.91 Å². The molecule has 1 N–H and O–H groups in total. The molecule has 1 aliphatic heterocycles. The van der Waals surface area contributed by atoms with Crippen LogP contribution in [-0.2, 0) is 0 Å². The molecule has 1 amide bonds. The fourth-order valence-electron chi connectivity index (χ4n) is 2.74. The molecule has 0 aromatic carbocycles. The van der Waals surface area contributed by atoms with Gasteiger partial charge in [0.25, 0.3) is 5.91 Å². The number of likely N-dealkylation sites (tertiary alicyclic amines) is 1. The number of aromatic amines is 1. The summed E-state index contributed by atoms with van der Waals surface area (Å²) in [5, 5.41) is 10.1. The van der Waals surface area contributed by atoms with Crippen molar-refractivity contribution < 1.29 is 9.21 Å². The van der Waals surface area contributed by atoms with Gasteiger partial charge >= 0.3 is 0 Å². The Bertz CT molecular complexity index is 590. The summed E-state index contributed by atoms with van der Waals surface area (Å²) in [6, 6.07) is 3.88. The van der Waals surface area contributed by atoms with E-state index in [9.17, 15) is 4.79 Å². The summed E-state index contributed by atoms with van der Waals surface area (Å²) in [5.41, 5.74) is 0.354. The largest absolute Gasteiger partial charge is 0.464 e. The Hall–Kier alpha value is -2.11. The number of H-pyrrole nitrogens is 1. The number of furan rings is 1. The Labute approximate surface area is 117 Å². The summed E-state index contributed by atoms with van der Waals surface area (Å²) in [6.45, 7) is 4.84. The van der Waals surface area contributed by atoms with Gasteiger partial charge in [-0.25, -0.2) is 0 Å². The molecular weight excluding hydrogens is 256 g/mol. The highest BCUT2D eigenvalue weighted by Crippen LogP contribution is 2.35. The number of piperidine rings is 1. The molecule has 0 spiro atoms. The zero-order valence-electron chi connectivity index (χ0n) is 11.7. The van der Waals surface area contributed by atoms with Gasteiger partial charge in [0.15, 0.2) is 5.69 Å². The second-order valence-electron chi connectivity index (χ2n) is 5.45. The summed E-state index contributed by atoms with van der Waals surface area (Å²) in [6.07, 6.45) is 3.38. The number of hydrogen-bond donors (Lipinski definition) is 1. The van der Waals surface area contributed by atoms with Crippen molar-refractivity contribution in [2.24, 2.45) is 5.92 Å². The van der Waals surface area contributed by atoms with Gasteiger partial charge in [-0.05, 0) is 37.8 Å². The van der Waals surface area contributed by atoms with Gasteiger partial charge in [-0.2, -0.15) is 15.4 Å². The Balaban J connectivity index is 1.89. The van der Waals surface area contributed by atoms with Crippen LogP contribution < -0.4 is 0 Å². The highest BCUT2D eigenvalue weighted by Gasteiger charge is 2.34. The first kappa shape index (κ1) is 12.9. The monoisotopic (exact) mass is 274 g/mol. The van der Waals surface area contributed by atoms with Crippen molar-refractivity contribution in [1.29, 1.82) is 0 Å². The van der Waals surface area contributed by atoms with Crippen molar-refractivity contribution in [3.8, 4) is 0 Å². The first-order valence-corrected chi connectivity index (χ1v) is 6.88. The molecule has 0 unspecified atom stereocenters. The van der Waals surface area contributed by atoms with Crippen molar-refractivity contribution in [1.82, 2.24) is 20.3 Å². The van der Waals surface area contributed by atoms with Gasteiger partial charge in [-0.1, -0.05) is 6.92 Å². The van der Waals surface area contributed by atoms with Crippen LogP contribution in [0.3, 0.4) is 0 Å². The van der Waals surface area contributed by atoms with Crippen LogP contribution in [0.5, 0.6) is 0 Å². The number of hydrogen-bond acceptors (Lipinski definition) is 4. The maximum Gasteiger partial charge on any atom is 0.276 e. The lowest BCUT2D eigenvalue weighted by Gasteiger charge is -2.37. The minimum Gasteiger partial charge on any atom is -0.464 e. The summed E-state index contributed by atoms with van der Waals surface area (Å²) in [7, 11) is 0. The lowest BCUT2D eigenvalue weighted by Crippen LogP contribution is -2.40. The highest BCUT2D eigenvalue weighted by atomic mass is 16.3. The Kier molecular flexibility index (Phi) is 3.30. The van der Waals surface area contributed by atoms with Gasteiger partial charge in [0.2, 0.25) is 0 Å². The summed E-state index contributed by atoms with van der Waals surface area (Å²) < 4.78 is 5.73. The van der Waals surface area contributed by atoms with Gasteiger partial charge in [-0.3, -0.25) is 4.79 Å². The standard InChI is InChI=1S/C14H18N4O2/c1-9-5-6-18(14(19)11-8-15-17-16-11)12(7-9)13-4-3-10(2)20-13/h3-4,8-9,12H,5-7H2,1-2H3,(H,15,16,17)/t9-,12-/m0/s1.